The number of rotatable bonds is 11. The molecule has 28 heavy (non-hydrogen) atoms. The van der Waals surface area contributed by atoms with Gasteiger partial charge in [-0.2, -0.15) is 0 Å². The van der Waals surface area contributed by atoms with Crippen molar-refractivity contribution in [1.82, 2.24) is 9.80 Å². The van der Waals surface area contributed by atoms with Crippen molar-refractivity contribution < 1.29 is 19.8 Å². The Kier molecular flexibility index (Phi) is 8.85. The maximum absolute atomic E-state index is 11.4. The lowest BCUT2D eigenvalue weighted by Gasteiger charge is -2.20. The largest absolute Gasteiger partial charge is 0.465 e. The van der Waals surface area contributed by atoms with Crippen LogP contribution in [-0.4, -0.2) is 45.3 Å². The average molecular weight is 384 g/mol. The lowest BCUT2D eigenvalue weighted by Crippen LogP contribution is -2.30. The minimum Gasteiger partial charge on any atom is -0.465 e. The first-order valence-electron chi connectivity index (χ1n) is 9.60. The van der Waals surface area contributed by atoms with Crippen molar-refractivity contribution >= 4 is 12.2 Å². The van der Waals surface area contributed by atoms with E-state index in [2.05, 4.69) is 0 Å². The van der Waals surface area contributed by atoms with Crippen LogP contribution < -0.4 is 0 Å². The summed E-state index contributed by atoms with van der Waals surface area (Å²) in [6.07, 6.45) is 1.46. The number of benzene rings is 2. The smallest absolute Gasteiger partial charge is 0.407 e. The maximum Gasteiger partial charge on any atom is 0.407 e. The molecule has 6 heteroatoms. The van der Waals surface area contributed by atoms with E-state index in [9.17, 15) is 19.8 Å². The van der Waals surface area contributed by atoms with Gasteiger partial charge < -0.3 is 20.0 Å². The second-order valence-corrected chi connectivity index (χ2v) is 6.79. The molecule has 150 valence electrons. The molecule has 0 aromatic heterocycles. The predicted octanol–water partition coefficient (Wildman–Crippen LogP) is 4.91. The molecule has 0 aliphatic rings. The highest BCUT2D eigenvalue weighted by molar-refractivity contribution is 5.65. The van der Waals surface area contributed by atoms with Crippen LogP contribution in [0.1, 0.15) is 36.8 Å². The van der Waals surface area contributed by atoms with Crippen molar-refractivity contribution in [3.8, 4) is 0 Å². The zero-order chi connectivity index (χ0) is 20.2. The molecule has 2 aromatic carbocycles. The Labute approximate surface area is 166 Å². The molecule has 0 spiro atoms. The van der Waals surface area contributed by atoms with Gasteiger partial charge in [0, 0.05) is 26.2 Å². The molecule has 0 saturated carbocycles. The lowest BCUT2D eigenvalue weighted by atomic mass is 10.1. The summed E-state index contributed by atoms with van der Waals surface area (Å²) in [6, 6.07) is 19.1. The van der Waals surface area contributed by atoms with Crippen LogP contribution in [0, 0.1) is 0 Å². The third-order valence-corrected chi connectivity index (χ3v) is 4.58. The normalized spacial score (nSPS) is 10.4. The van der Waals surface area contributed by atoms with E-state index in [0.717, 1.165) is 36.8 Å². The van der Waals surface area contributed by atoms with E-state index in [-0.39, 0.29) is 0 Å². The van der Waals surface area contributed by atoms with E-state index in [4.69, 9.17) is 0 Å². The van der Waals surface area contributed by atoms with Gasteiger partial charge in [0.2, 0.25) is 0 Å². The Morgan fingerprint density at radius 1 is 0.607 bits per heavy atom. The van der Waals surface area contributed by atoms with Gasteiger partial charge in [0.15, 0.2) is 0 Å². The molecule has 2 amide bonds. The molecule has 0 fully saturated rings. The van der Waals surface area contributed by atoms with Gasteiger partial charge in [-0.15, -0.1) is 0 Å². The van der Waals surface area contributed by atoms with E-state index in [0.29, 0.717) is 26.2 Å². The lowest BCUT2D eigenvalue weighted by molar-refractivity contribution is 0.138. The molecule has 0 aliphatic heterocycles. The maximum atomic E-state index is 11.4. The van der Waals surface area contributed by atoms with Gasteiger partial charge in [-0.3, -0.25) is 0 Å². The topological polar surface area (TPSA) is 81.1 Å². The minimum absolute atomic E-state index is 0.389. The minimum atomic E-state index is -0.913. The standard InChI is InChI=1S/C22H28N2O4/c25-21(26)23(17-19-11-5-3-6-12-19)15-9-1-2-10-16-24(22(27)28)18-20-13-7-4-8-14-20/h3-8,11-14H,1-2,9-10,15-18H2,(H,25,26)(H,27,28). The fraction of sp³-hybridized carbons (Fsp3) is 0.364. The van der Waals surface area contributed by atoms with Crippen molar-refractivity contribution in [2.45, 2.75) is 38.8 Å². The second-order valence-electron chi connectivity index (χ2n) is 6.79. The third-order valence-electron chi connectivity index (χ3n) is 4.58. The first kappa shape index (κ1) is 21.3. The molecule has 2 rings (SSSR count). The van der Waals surface area contributed by atoms with Gasteiger partial charge in [-0.1, -0.05) is 73.5 Å². The first-order chi connectivity index (χ1) is 13.6. The second kappa shape index (κ2) is 11.6. The molecule has 0 bridgehead atoms. The molecule has 0 heterocycles. The molecule has 0 saturated heterocycles. The zero-order valence-corrected chi connectivity index (χ0v) is 16.0. The molecule has 6 nitrogen and oxygen atoms in total. The van der Waals surface area contributed by atoms with Crippen molar-refractivity contribution in [2.24, 2.45) is 0 Å². The zero-order valence-electron chi connectivity index (χ0n) is 16.0. The van der Waals surface area contributed by atoms with Crippen LogP contribution in [0.2, 0.25) is 0 Å². The first-order valence-corrected chi connectivity index (χ1v) is 9.60. The molecule has 2 aromatic rings. The fourth-order valence-corrected chi connectivity index (χ4v) is 3.05. The molecular formula is C22H28N2O4. The Bertz CT molecular complexity index is 658. The van der Waals surface area contributed by atoms with Crippen molar-refractivity contribution in [2.75, 3.05) is 13.1 Å². The van der Waals surface area contributed by atoms with Gasteiger partial charge in [-0.25, -0.2) is 9.59 Å². The van der Waals surface area contributed by atoms with Crippen molar-refractivity contribution in [1.29, 1.82) is 0 Å². The molecule has 0 atom stereocenters. The van der Waals surface area contributed by atoms with Crippen molar-refractivity contribution in [3.63, 3.8) is 0 Å². The quantitative estimate of drug-likeness (QED) is 0.540. The number of carboxylic acid groups (broad SMARTS) is 2. The summed E-state index contributed by atoms with van der Waals surface area (Å²) < 4.78 is 0. The van der Waals surface area contributed by atoms with Gasteiger partial charge in [0.05, 0.1) is 0 Å². The summed E-state index contributed by atoms with van der Waals surface area (Å²) in [5.41, 5.74) is 1.95. The summed E-state index contributed by atoms with van der Waals surface area (Å²) in [5.74, 6) is 0. The monoisotopic (exact) mass is 384 g/mol. The predicted molar refractivity (Wildman–Crippen MR) is 108 cm³/mol. The van der Waals surface area contributed by atoms with Gasteiger partial charge in [0.1, 0.15) is 0 Å². The van der Waals surface area contributed by atoms with Crippen LogP contribution in [-0.2, 0) is 13.1 Å². The highest BCUT2D eigenvalue weighted by atomic mass is 16.4. The Hall–Kier alpha value is -3.02. The summed E-state index contributed by atoms with van der Waals surface area (Å²) in [6.45, 7) is 1.74. The fourth-order valence-electron chi connectivity index (χ4n) is 3.05. The number of hydrogen-bond donors (Lipinski definition) is 2. The molecular weight excluding hydrogens is 356 g/mol. The molecule has 2 N–H and O–H groups in total. The van der Waals surface area contributed by atoms with E-state index in [1.807, 2.05) is 60.7 Å². The van der Waals surface area contributed by atoms with Crippen LogP contribution in [0.5, 0.6) is 0 Å². The Balaban J connectivity index is 1.67. The van der Waals surface area contributed by atoms with Crippen LogP contribution in [0.4, 0.5) is 9.59 Å². The van der Waals surface area contributed by atoms with E-state index in [1.165, 1.54) is 9.80 Å². The number of carbonyl (C=O) groups is 2. The van der Waals surface area contributed by atoms with Crippen LogP contribution in [0.15, 0.2) is 60.7 Å². The summed E-state index contributed by atoms with van der Waals surface area (Å²) >= 11 is 0. The molecule has 0 unspecified atom stereocenters. The summed E-state index contributed by atoms with van der Waals surface area (Å²) in [4.78, 5) is 25.7. The summed E-state index contributed by atoms with van der Waals surface area (Å²) in [7, 11) is 0. The highest BCUT2D eigenvalue weighted by Crippen LogP contribution is 2.10. The Morgan fingerprint density at radius 3 is 1.29 bits per heavy atom. The number of amides is 2. The number of hydrogen-bond acceptors (Lipinski definition) is 2. The highest BCUT2D eigenvalue weighted by Gasteiger charge is 2.13. The van der Waals surface area contributed by atoms with Crippen molar-refractivity contribution in [3.05, 3.63) is 71.8 Å². The average Bonchev–Trinajstić information content (AvgIpc) is 2.70. The van der Waals surface area contributed by atoms with Gasteiger partial charge in [-0.05, 0) is 24.0 Å². The van der Waals surface area contributed by atoms with E-state index in [1.54, 1.807) is 0 Å². The van der Waals surface area contributed by atoms with Gasteiger partial charge >= 0.3 is 12.2 Å². The molecule has 0 radical (unpaired) electrons. The Morgan fingerprint density at radius 2 is 0.964 bits per heavy atom. The number of nitrogens with zero attached hydrogens (tertiary/aromatic N) is 2. The SMILES string of the molecule is O=C(O)N(CCCCCCN(Cc1ccccc1)C(=O)O)Cc1ccccc1. The number of unbranched alkanes of at least 4 members (excludes halogenated alkanes) is 3. The molecule has 0 aliphatic carbocycles. The van der Waals surface area contributed by atoms with Crippen LogP contribution in [0.25, 0.3) is 0 Å². The summed E-state index contributed by atoms with van der Waals surface area (Å²) in [5, 5.41) is 18.7. The van der Waals surface area contributed by atoms with Crippen LogP contribution in [0.3, 0.4) is 0 Å². The van der Waals surface area contributed by atoms with Crippen LogP contribution >= 0.6 is 0 Å². The van der Waals surface area contributed by atoms with E-state index >= 15 is 0 Å². The van der Waals surface area contributed by atoms with Gasteiger partial charge in [0.25, 0.3) is 0 Å². The van der Waals surface area contributed by atoms with E-state index < -0.39 is 12.2 Å². The third kappa shape index (κ3) is 7.70.